The SMILES string of the molecule is O=C(C=Cc1ccc(F)cc1)N1CCC(=O)N(CCN2CCCC2)CC1. The van der Waals surface area contributed by atoms with E-state index in [2.05, 4.69) is 4.90 Å². The number of benzene rings is 1. The highest BCUT2D eigenvalue weighted by atomic mass is 19.1. The zero-order valence-corrected chi connectivity index (χ0v) is 15.1. The van der Waals surface area contributed by atoms with Crippen molar-refractivity contribution in [2.75, 3.05) is 45.8 Å². The Kier molecular flexibility index (Phi) is 6.39. The van der Waals surface area contributed by atoms with Crippen LogP contribution < -0.4 is 0 Å². The number of hydrogen-bond acceptors (Lipinski definition) is 3. The second-order valence-corrected chi connectivity index (χ2v) is 6.89. The van der Waals surface area contributed by atoms with Gasteiger partial charge in [-0.1, -0.05) is 12.1 Å². The standard InChI is InChI=1S/C20H26FN3O2/c21-18-6-3-17(4-7-18)5-8-19(25)23-12-9-20(26)24(16-15-23)14-13-22-10-1-2-11-22/h3-8H,1-2,9-16H2. The number of nitrogens with zero attached hydrogens (tertiary/aromatic N) is 3. The fourth-order valence-electron chi connectivity index (χ4n) is 3.44. The average Bonchev–Trinajstić information content (AvgIpc) is 3.09. The van der Waals surface area contributed by atoms with Crippen molar-refractivity contribution in [3.05, 3.63) is 41.7 Å². The lowest BCUT2D eigenvalue weighted by atomic mass is 10.2. The molecule has 0 aromatic heterocycles. The van der Waals surface area contributed by atoms with Crippen LogP contribution in [-0.4, -0.2) is 72.3 Å². The number of carbonyl (C=O) groups is 2. The number of hydrogen-bond donors (Lipinski definition) is 0. The molecule has 0 saturated carbocycles. The fourth-order valence-corrected chi connectivity index (χ4v) is 3.44. The molecule has 3 rings (SSSR count). The molecule has 5 nitrogen and oxygen atoms in total. The van der Waals surface area contributed by atoms with Gasteiger partial charge in [-0.15, -0.1) is 0 Å². The van der Waals surface area contributed by atoms with Gasteiger partial charge in [-0.2, -0.15) is 0 Å². The molecule has 6 heteroatoms. The van der Waals surface area contributed by atoms with Gasteiger partial charge in [0.25, 0.3) is 0 Å². The molecule has 1 aromatic rings. The fraction of sp³-hybridized carbons (Fsp3) is 0.500. The molecule has 0 bridgehead atoms. The van der Waals surface area contributed by atoms with Gasteiger partial charge in [-0.3, -0.25) is 9.59 Å². The van der Waals surface area contributed by atoms with Crippen LogP contribution in [0.15, 0.2) is 30.3 Å². The van der Waals surface area contributed by atoms with Gasteiger partial charge in [0.1, 0.15) is 5.82 Å². The van der Waals surface area contributed by atoms with Gasteiger partial charge in [-0.25, -0.2) is 4.39 Å². The van der Waals surface area contributed by atoms with Gasteiger partial charge in [0.05, 0.1) is 0 Å². The van der Waals surface area contributed by atoms with Crippen molar-refractivity contribution in [3.8, 4) is 0 Å². The van der Waals surface area contributed by atoms with Crippen LogP contribution in [0.1, 0.15) is 24.8 Å². The van der Waals surface area contributed by atoms with Crippen LogP contribution in [0.4, 0.5) is 4.39 Å². The zero-order chi connectivity index (χ0) is 18.4. The Morgan fingerprint density at radius 3 is 2.46 bits per heavy atom. The van der Waals surface area contributed by atoms with Crippen LogP contribution in [0.25, 0.3) is 6.08 Å². The summed E-state index contributed by atoms with van der Waals surface area (Å²) in [6, 6.07) is 6.00. The number of halogens is 1. The van der Waals surface area contributed by atoms with E-state index in [1.54, 1.807) is 23.1 Å². The summed E-state index contributed by atoms with van der Waals surface area (Å²) in [7, 11) is 0. The highest BCUT2D eigenvalue weighted by molar-refractivity contribution is 5.92. The average molecular weight is 359 g/mol. The lowest BCUT2D eigenvalue weighted by molar-refractivity contribution is -0.130. The quantitative estimate of drug-likeness (QED) is 0.756. The first-order valence-corrected chi connectivity index (χ1v) is 9.34. The third kappa shape index (κ3) is 5.14. The summed E-state index contributed by atoms with van der Waals surface area (Å²) < 4.78 is 12.9. The molecule has 2 fully saturated rings. The summed E-state index contributed by atoms with van der Waals surface area (Å²) in [5.41, 5.74) is 0.776. The molecule has 0 aliphatic carbocycles. The van der Waals surface area contributed by atoms with Gasteiger partial charge in [-0.05, 0) is 49.7 Å². The molecule has 2 amide bonds. The second-order valence-electron chi connectivity index (χ2n) is 6.89. The first-order chi connectivity index (χ1) is 12.6. The minimum Gasteiger partial charge on any atom is -0.340 e. The third-order valence-electron chi connectivity index (χ3n) is 5.07. The summed E-state index contributed by atoms with van der Waals surface area (Å²) in [5.74, 6) is -0.279. The maximum Gasteiger partial charge on any atom is 0.246 e. The lowest BCUT2D eigenvalue weighted by Gasteiger charge is -2.24. The Bertz CT molecular complexity index is 654. The Morgan fingerprint density at radius 1 is 1.00 bits per heavy atom. The van der Waals surface area contributed by atoms with E-state index >= 15 is 0 Å². The van der Waals surface area contributed by atoms with E-state index < -0.39 is 0 Å². The van der Waals surface area contributed by atoms with Crippen molar-refractivity contribution in [1.29, 1.82) is 0 Å². The molecule has 2 aliphatic heterocycles. The van der Waals surface area contributed by atoms with Crippen LogP contribution >= 0.6 is 0 Å². The van der Waals surface area contributed by atoms with E-state index in [1.807, 2.05) is 4.90 Å². The van der Waals surface area contributed by atoms with Crippen LogP contribution in [0.5, 0.6) is 0 Å². The maximum absolute atomic E-state index is 12.9. The van der Waals surface area contributed by atoms with Gasteiger partial charge in [0.2, 0.25) is 11.8 Å². The molecular weight excluding hydrogens is 333 g/mol. The smallest absolute Gasteiger partial charge is 0.246 e. The number of carbonyl (C=O) groups excluding carboxylic acids is 2. The van der Waals surface area contributed by atoms with Crippen molar-refractivity contribution in [1.82, 2.24) is 14.7 Å². The largest absolute Gasteiger partial charge is 0.340 e. The molecule has 0 spiro atoms. The molecule has 2 heterocycles. The predicted octanol–water partition coefficient (Wildman–Crippen LogP) is 2.00. The van der Waals surface area contributed by atoms with E-state index in [0.29, 0.717) is 26.1 Å². The maximum atomic E-state index is 12.9. The minimum atomic E-state index is -0.298. The predicted molar refractivity (Wildman–Crippen MR) is 98.9 cm³/mol. The molecule has 140 valence electrons. The third-order valence-corrected chi connectivity index (χ3v) is 5.07. The molecule has 26 heavy (non-hydrogen) atoms. The number of rotatable bonds is 5. The Labute approximate surface area is 154 Å². The van der Waals surface area contributed by atoms with Crippen LogP contribution in [0, 0.1) is 5.82 Å². The minimum absolute atomic E-state index is 0.108. The molecule has 2 saturated heterocycles. The highest BCUT2D eigenvalue weighted by Crippen LogP contribution is 2.10. The van der Waals surface area contributed by atoms with E-state index in [1.165, 1.54) is 31.1 Å². The van der Waals surface area contributed by atoms with E-state index in [4.69, 9.17) is 0 Å². The summed E-state index contributed by atoms with van der Waals surface area (Å²) in [4.78, 5) is 30.7. The monoisotopic (exact) mass is 359 g/mol. The molecule has 0 unspecified atom stereocenters. The summed E-state index contributed by atoms with van der Waals surface area (Å²) >= 11 is 0. The highest BCUT2D eigenvalue weighted by Gasteiger charge is 2.23. The molecule has 1 aromatic carbocycles. The normalized spacial score (nSPS) is 19.3. The zero-order valence-electron chi connectivity index (χ0n) is 15.1. The summed E-state index contributed by atoms with van der Waals surface area (Å²) in [6.07, 6.45) is 6.04. The van der Waals surface area contributed by atoms with Crippen LogP contribution in [0.3, 0.4) is 0 Å². The van der Waals surface area contributed by atoms with E-state index in [9.17, 15) is 14.0 Å². The Balaban J connectivity index is 1.50. The molecule has 2 aliphatic rings. The number of amides is 2. The van der Waals surface area contributed by atoms with Crippen molar-refractivity contribution in [2.45, 2.75) is 19.3 Å². The Hall–Kier alpha value is -2.21. The molecular formula is C20H26FN3O2. The van der Waals surface area contributed by atoms with Gasteiger partial charge in [0.15, 0.2) is 0 Å². The summed E-state index contributed by atoms with van der Waals surface area (Å²) in [5, 5.41) is 0. The number of likely N-dealkylation sites (tertiary alicyclic amines) is 1. The topological polar surface area (TPSA) is 43.9 Å². The van der Waals surface area contributed by atoms with Crippen molar-refractivity contribution in [3.63, 3.8) is 0 Å². The van der Waals surface area contributed by atoms with Gasteiger partial charge >= 0.3 is 0 Å². The van der Waals surface area contributed by atoms with Crippen molar-refractivity contribution in [2.24, 2.45) is 0 Å². The van der Waals surface area contributed by atoms with Crippen LogP contribution in [0.2, 0.25) is 0 Å². The van der Waals surface area contributed by atoms with Crippen LogP contribution in [-0.2, 0) is 9.59 Å². The first kappa shape index (κ1) is 18.6. The van der Waals surface area contributed by atoms with Gasteiger partial charge in [0, 0.05) is 45.2 Å². The van der Waals surface area contributed by atoms with Gasteiger partial charge < -0.3 is 14.7 Å². The molecule has 0 N–H and O–H groups in total. The van der Waals surface area contributed by atoms with E-state index in [-0.39, 0.29) is 17.6 Å². The Morgan fingerprint density at radius 2 is 1.73 bits per heavy atom. The van der Waals surface area contributed by atoms with Crippen molar-refractivity contribution < 1.29 is 14.0 Å². The summed E-state index contributed by atoms with van der Waals surface area (Å²) in [6.45, 7) is 5.50. The molecule has 0 radical (unpaired) electrons. The molecule has 0 atom stereocenters. The lowest BCUT2D eigenvalue weighted by Crippen LogP contribution is -2.39. The second kappa shape index (κ2) is 8.94. The van der Waals surface area contributed by atoms with E-state index in [0.717, 1.165) is 31.7 Å². The first-order valence-electron chi connectivity index (χ1n) is 9.34. The van der Waals surface area contributed by atoms with Crippen molar-refractivity contribution >= 4 is 17.9 Å².